The number of rotatable bonds is 5. The minimum atomic E-state index is -4.32. The topological polar surface area (TPSA) is 44.1 Å². The van der Waals surface area contributed by atoms with Crippen molar-refractivity contribution in [2.24, 2.45) is 0 Å². The summed E-state index contributed by atoms with van der Waals surface area (Å²) in [6, 6.07) is 7.73. The molecule has 6 heteroatoms. The summed E-state index contributed by atoms with van der Waals surface area (Å²) in [5, 5.41) is 8.61. The lowest BCUT2D eigenvalue weighted by Crippen LogP contribution is -2.37. The molecule has 0 saturated heterocycles. The van der Waals surface area contributed by atoms with Crippen LogP contribution in [0.3, 0.4) is 0 Å². The SMILES string of the molecule is CCN(CC(=O)c1ccc(C#N)cc1)CC(F)(F)F. The van der Waals surface area contributed by atoms with Crippen LogP contribution in [-0.4, -0.2) is 36.5 Å². The molecule has 0 heterocycles. The number of benzene rings is 1. The number of nitriles is 1. The third-order valence-corrected chi connectivity index (χ3v) is 2.55. The number of likely N-dealkylation sites (N-methyl/N-ethyl adjacent to an activating group) is 1. The minimum absolute atomic E-state index is 0.140. The highest BCUT2D eigenvalue weighted by atomic mass is 19.4. The average molecular weight is 270 g/mol. The maximum atomic E-state index is 12.3. The van der Waals surface area contributed by atoms with E-state index in [2.05, 4.69) is 0 Å². The van der Waals surface area contributed by atoms with E-state index in [1.807, 2.05) is 6.07 Å². The van der Waals surface area contributed by atoms with Crippen LogP contribution in [0.25, 0.3) is 0 Å². The van der Waals surface area contributed by atoms with E-state index in [0.717, 1.165) is 4.90 Å². The van der Waals surface area contributed by atoms with E-state index in [1.54, 1.807) is 6.92 Å². The van der Waals surface area contributed by atoms with Crippen molar-refractivity contribution in [2.45, 2.75) is 13.1 Å². The molecule has 0 bridgehead atoms. The number of carbonyl (C=O) groups is 1. The predicted molar refractivity (Wildman–Crippen MR) is 63.7 cm³/mol. The molecule has 0 atom stereocenters. The van der Waals surface area contributed by atoms with Crippen molar-refractivity contribution in [2.75, 3.05) is 19.6 Å². The molecule has 0 spiro atoms. The second kappa shape index (κ2) is 6.34. The van der Waals surface area contributed by atoms with E-state index in [9.17, 15) is 18.0 Å². The predicted octanol–water partition coefficient (Wildman–Crippen LogP) is 2.63. The first-order valence-corrected chi connectivity index (χ1v) is 5.68. The summed E-state index contributed by atoms with van der Waals surface area (Å²) in [6.45, 7) is 0.312. The fraction of sp³-hybridized carbons (Fsp3) is 0.385. The molecule has 1 aromatic rings. The summed E-state index contributed by atoms with van der Waals surface area (Å²) in [7, 11) is 0. The molecule has 102 valence electrons. The number of carbonyl (C=O) groups excluding carboxylic acids is 1. The Morgan fingerprint density at radius 3 is 2.32 bits per heavy atom. The Bertz CT molecular complexity index is 474. The van der Waals surface area contributed by atoms with Crippen molar-refractivity contribution in [3.63, 3.8) is 0 Å². The summed E-state index contributed by atoms with van der Waals surface area (Å²) >= 11 is 0. The first kappa shape index (κ1) is 15.2. The Morgan fingerprint density at radius 1 is 1.32 bits per heavy atom. The van der Waals surface area contributed by atoms with Gasteiger partial charge in [0, 0.05) is 5.56 Å². The van der Waals surface area contributed by atoms with Crippen molar-refractivity contribution in [3.8, 4) is 6.07 Å². The average Bonchev–Trinajstić information content (AvgIpc) is 2.36. The van der Waals surface area contributed by atoms with Gasteiger partial charge in [-0.15, -0.1) is 0 Å². The molecule has 0 fully saturated rings. The molecule has 0 aliphatic carbocycles. The fourth-order valence-corrected chi connectivity index (χ4v) is 1.56. The normalized spacial score (nSPS) is 11.4. The van der Waals surface area contributed by atoms with Gasteiger partial charge in [-0.2, -0.15) is 18.4 Å². The minimum Gasteiger partial charge on any atom is -0.293 e. The Labute approximate surface area is 109 Å². The molecular weight excluding hydrogens is 257 g/mol. The lowest BCUT2D eigenvalue weighted by atomic mass is 10.1. The van der Waals surface area contributed by atoms with Gasteiger partial charge >= 0.3 is 6.18 Å². The van der Waals surface area contributed by atoms with Crippen LogP contribution in [0.1, 0.15) is 22.8 Å². The molecule has 0 N–H and O–H groups in total. The Hall–Kier alpha value is -1.87. The lowest BCUT2D eigenvalue weighted by molar-refractivity contribution is -0.144. The number of hydrogen-bond donors (Lipinski definition) is 0. The van der Waals surface area contributed by atoms with Crippen LogP contribution in [0.2, 0.25) is 0 Å². The van der Waals surface area contributed by atoms with E-state index < -0.39 is 18.5 Å². The van der Waals surface area contributed by atoms with Crippen LogP contribution in [-0.2, 0) is 0 Å². The number of ketones is 1. The van der Waals surface area contributed by atoms with E-state index >= 15 is 0 Å². The molecule has 0 radical (unpaired) electrons. The Morgan fingerprint density at radius 2 is 1.89 bits per heavy atom. The number of nitrogens with zero attached hydrogens (tertiary/aromatic N) is 2. The largest absolute Gasteiger partial charge is 0.401 e. The van der Waals surface area contributed by atoms with Crippen molar-refractivity contribution in [1.29, 1.82) is 5.26 Å². The van der Waals surface area contributed by atoms with Crippen molar-refractivity contribution in [1.82, 2.24) is 4.90 Å². The quantitative estimate of drug-likeness (QED) is 0.772. The number of alkyl halides is 3. The van der Waals surface area contributed by atoms with Gasteiger partial charge < -0.3 is 0 Å². The summed E-state index contributed by atoms with van der Waals surface area (Å²) in [5.41, 5.74) is 0.707. The van der Waals surface area contributed by atoms with Gasteiger partial charge in [0.05, 0.1) is 24.7 Å². The molecule has 3 nitrogen and oxygen atoms in total. The van der Waals surface area contributed by atoms with E-state index in [1.165, 1.54) is 24.3 Å². The zero-order valence-electron chi connectivity index (χ0n) is 10.4. The van der Waals surface area contributed by atoms with E-state index in [-0.39, 0.29) is 13.1 Å². The van der Waals surface area contributed by atoms with Crippen molar-refractivity contribution < 1.29 is 18.0 Å². The molecule has 0 unspecified atom stereocenters. The highest BCUT2D eigenvalue weighted by molar-refractivity contribution is 5.97. The van der Waals surface area contributed by atoms with Gasteiger partial charge in [-0.25, -0.2) is 0 Å². The van der Waals surface area contributed by atoms with Gasteiger partial charge in [-0.3, -0.25) is 9.69 Å². The summed E-state index contributed by atoms with van der Waals surface area (Å²) < 4.78 is 36.8. The molecule has 1 aromatic carbocycles. The summed E-state index contributed by atoms with van der Waals surface area (Å²) in [4.78, 5) is 12.8. The maximum Gasteiger partial charge on any atom is 0.401 e. The molecule has 0 saturated carbocycles. The highest BCUT2D eigenvalue weighted by Crippen LogP contribution is 2.16. The third kappa shape index (κ3) is 5.10. The first-order chi connectivity index (χ1) is 8.85. The van der Waals surface area contributed by atoms with Crippen molar-refractivity contribution >= 4 is 5.78 Å². The lowest BCUT2D eigenvalue weighted by Gasteiger charge is -2.20. The second-order valence-electron chi connectivity index (χ2n) is 4.03. The monoisotopic (exact) mass is 270 g/mol. The van der Waals surface area contributed by atoms with Crippen molar-refractivity contribution in [3.05, 3.63) is 35.4 Å². The zero-order valence-corrected chi connectivity index (χ0v) is 10.4. The molecule has 0 aromatic heterocycles. The smallest absolute Gasteiger partial charge is 0.293 e. The standard InChI is InChI=1S/C13H13F3N2O/c1-2-18(9-13(14,15)16)8-12(19)11-5-3-10(7-17)4-6-11/h3-6H,2,8-9H2,1H3. The Kier molecular flexibility index (Phi) is 5.07. The molecule has 0 aliphatic heterocycles. The zero-order chi connectivity index (χ0) is 14.5. The van der Waals surface area contributed by atoms with Crippen LogP contribution in [0.4, 0.5) is 13.2 Å². The number of hydrogen-bond acceptors (Lipinski definition) is 3. The molecule has 0 aliphatic rings. The molecular formula is C13H13F3N2O. The van der Waals surface area contributed by atoms with Gasteiger partial charge in [0.25, 0.3) is 0 Å². The van der Waals surface area contributed by atoms with Crippen LogP contribution in [0.5, 0.6) is 0 Å². The second-order valence-corrected chi connectivity index (χ2v) is 4.03. The van der Waals surface area contributed by atoms with Gasteiger partial charge in [0.2, 0.25) is 0 Å². The summed E-state index contributed by atoms with van der Waals surface area (Å²) in [6.07, 6.45) is -4.32. The summed E-state index contributed by atoms with van der Waals surface area (Å²) in [5.74, 6) is -0.393. The molecule has 0 amide bonds. The van der Waals surface area contributed by atoms with Gasteiger partial charge in [0.15, 0.2) is 5.78 Å². The number of Topliss-reactive ketones (excluding diaryl/α,β-unsaturated/α-hetero) is 1. The maximum absolute atomic E-state index is 12.3. The number of halogens is 3. The molecule has 1 rings (SSSR count). The van der Waals surface area contributed by atoms with Crippen LogP contribution < -0.4 is 0 Å². The van der Waals surface area contributed by atoms with Gasteiger partial charge in [-0.1, -0.05) is 19.1 Å². The Balaban J connectivity index is 2.69. The molecule has 19 heavy (non-hydrogen) atoms. The fourth-order valence-electron chi connectivity index (χ4n) is 1.56. The van der Waals surface area contributed by atoms with E-state index in [0.29, 0.717) is 11.1 Å². The van der Waals surface area contributed by atoms with E-state index in [4.69, 9.17) is 5.26 Å². The van der Waals surface area contributed by atoms with Crippen LogP contribution in [0.15, 0.2) is 24.3 Å². The first-order valence-electron chi connectivity index (χ1n) is 5.68. The van der Waals surface area contributed by atoms with Gasteiger partial charge in [0.1, 0.15) is 0 Å². The third-order valence-electron chi connectivity index (χ3n) is 2.55. The van der Waals surface area contributed by atoms with Crippen LogP contribution >= 0.6 is 0 Å². The van der Waals surface area contributed by atoms with Crippen LogP contribution in [0, 0.1) is 11.3 Å². The highest BCUT2D eigenvalue weighted by Gasteiger charge is 2.30. The van der Waals surface area contributed by atoms with Gasteiger partial charge in [-0.05, 0) is 18.7 Å².